The van der Waals surface area contributed by atoms with Gasteiger partial charge in [0, 0.05) is 21.4 Å². The lowest BCUT2D eigenvalue weighted by molar-refractivity contribution is 0.897. The lowest BCUT2D eigenvalue weighted by atomic mass is 10.1. The Morgan fingerprint density at radius 1 is 0.920 bits per heavy atom. The maximum Gasteiger partial charge on any atom is 0.165 e. The fourth-order valence-corrected chi connectivity index (χ4v) is 4.09. The van der Waals surface area contributed by atoms with E-state index in [1.54, 1.807) is 12.4 Å². The van der Waals surface area contributed by atoms with E-state index in [1.165, 1.54) is 0 Å². The van der Waals surface area contributed by atoms with Gasteiger partial charge in [-0.25, -0.2) is 14.6 Å². The highest BCUT2D eigenvalue weighted by atomic mass is 79.9. The Bertz CT molecular complexity index is 1260. The molecule has 3 heterocycles. The van der Waals surface area contributed by atoms with Crippen molar-refractivity contribution in [1.82, 2.24) is 19.7 Å². The molecule has 0 aliphatic heterocycles. The first-order chi connectivity index (χ1) is 12.2. The third kappa shape index (κ3) is 2.16. The number of hydrogen-bond donors (Lipinski definition) is 0. The molecule has 25 heavy (non-hydrogen) atoms. The Morgan fingerprint density at radius 2 is 1.76 bits per heavy atom. The summed E-state index contributed by atoms with van der Waals surface area (Å²) in [5.41, 5.74) is 3.37. The van der Waals surface area contributed by atoms with Crippen molar-refractivity contribution in [3.8, 4) is 5.69 Å². The average Bonchev–Trinajstić information content (AvgIpc) is 3.07. The van der Waals surface area contributed by atoms with Crippen molar-refractivity contribution in [3.05, 3.63) is 70.4 Å². The molecule has 0 unspecified atom stereocenters. The summed E-state index contributed by atoms with van der Waals surface area (Å²) < 4.78 is 2.74. The highest BCUT2D eigenvalue weighted by Gasteiger charge is 2.15. The largest absolute Gasteiger partial charge is 0.247 e. The molecule has 0 saturated heterocycles. The van der Waals surface area contributed by atoms with E-state index < -0.39 is 0 Å². The second kappa shape index (κ2) is 5.51. The van der Waals surface area contributed by atoms with E-state index in [-0.39, 0.29) is 0 Å². The van der Waals surface area contributed by atoms with Gasteiger partial charge in [0.05, 0.1) is 33.3 Å². The first kappa shape index (κ1) is 14.8. The van der Waals surface area contributed by atoms with E-state index in [0.717, 1.165) is 43.0 Å². The van der Waals surface area contributed by atoms with Crippen LogP contribution in [0.25, 0.3) is 38.5 Å². The van der Waals surface area contributed by atoms with Crippen LogP contribution in [0.4, 0.5) is 0 Å². The van der Waals surface area contributed by atoms with Gasteiger partial charge in [0.15, 0.2) is 5.65 Å². The fourth-order valence-electron chi connectivity index (χ4n) is 3.08. The lowest BCUT2D eigenvalue weighted by Gasteiger charge is -2.08. The zero-order valence-electron chi connectivity index (χ0n) is 12.8. The van der Waals surface area contributed by atoms with Gasteiger partial charge >= 0.3 is 0 Å². The topological polar surface area (TPSA) is 43.6 Å². The predicted octanol–water partition coefficient (Wildman–Crippen LogP) is 5.54. The minimum Gasteiger partial charge on any atom is -0.247 e. The van der Waals surface area contributed by atoms with Gasteiger partial charge in [0.1, 0.15) is 0 Å². The Labute approximate surface area is 156 Å². The van der Waals surface area contributed by atoms with E-state index in [2.05, 4.69) is 26.0 Å². The zero-order valence-corrected chi connectivity index (χ0v) is 15.2. The molecular weight excluding hydrogens is 400 g/mol. The highest BCUT2D eigenvalue weighted by molar-refractivity contribution is 9.10. The second-order valence-electron chi connectivity index (χ2n) is 5.71. The summed E-state index contributed by atoms with van der Waals surface area (Å²) >= 11 is 10.2. The maximum absolute atomic E-state index is 6.67. The van der Waals surface area contributed by atoms with Crippen molar-refractivity contribution in [3.63, 3.8) is 0 Å². The van der Waals surface area contributed by atoms with Crippen LogP contribution in [0, 0.1) is 0 Å². The summed E-state index contributed by atoms with van der Waals surface area (Å²) in [7, 11) is 0. The molecule has 5 rings (SSSR count). The number of halogens is 2. The Morgan fingerprint density at radius 3 is 2.60 bits per heavy atom. The molecule has 0 radical (unpaired) electrons. The number of pyridine rings is 2. The third-order valence-electron chi connectivity index (χ3n) is 4.25. The van der Waals surface area contributed by atoms with Crippen LogP contribution in [-0.4, -0.2) is 19.7 Å². The number of rotatable bonds is 1. The summed E-state index contributed by atoms with van der Waals surface area (Å²) in [5.74, 6) is 0. The van der Waals surface area contributed by atoms with Gasteiger partial charge < -0.3 is 0 Å². The molecule has 0 atom stereocenters. The first-order valence-electron chi connectivity index (χ1n) is 7.69. The minimum absolute atomic E-state index is 0.648. The van der Waals surface area contributed by atoms with E-state index >= 15 is 0 Å². The average molecular weight is 410 g/mol. The summed E-state index contributed by atoms with van der Waals surface area (Å²) in [4.78, 5) is 9.43. The maximum atomic E-state index is 6.67. The molecule has 120 valence electrons. The van der Waals surface area contributed by atoms with Gasteiger partial charge in [0.25, 0.3) is 0 Å². The monoisotopic (exact) mass is 408 g/mol. The summed E-state index contributed by atoms with van der Waals surface area (Å²) in [6, 6.07) is 15.8. The molecule has 0 spiro atoms. The molecule has 4 nitrogen and oxygen atoms in total. The third-order valence-corrected chi connectivity index (χ3v) is 5.30. The van der Waals surface area contributed by atoms with Crippen molar-refractivity contribution in [2.75, 3.05) is 0 Å². The molecule has 0 aliphatic rings. The van der Waals surface area contributed by atoms with Crippen LogP contribution in [0.15, 0.2) is 65.4 Å². The molecule has 2 aromatic carbocycles. The minimum atomic E-state index is 0.648. The van der Waals surface area contributed by atoms with Gasteiger partial charge in [-0.2, -0.15) is 5.10 Å². The van der Waals surface area contributed by atoms with Gasteiger partial charge in [-0.15, -0.1) is 0 Å². The van der Waals surface area contributed by atoms with Crippen molar-refractivity contribution in [2.45, 2.75) is 0 Å². The predicted molar refractivity (Wildman–Crippen MR) is 104 cm³/mol. The fraction of sp³-hybridized carbons (Fsp3) is 0. The van der Waals surface area contributed by atoms with E-state index in [4.69, 9.17) is 16.6 Å². The highest BCUT2D eigenvalue weighted by Crippen LogP contribution is 2.36. The Hall–Kier alpha value is -2.50. The number of fused-ring (bicyclic) bond motifs is 4. The van der Waals surface area contributed by atoms with Gasteiger partial charge in [-0.1, -0.05) is 51.8 Å². The molecule has 0 aliphatic carbocycles. The van der Waals surface area contributed by atoms with E-state index in [9.17, 15) is 0 Å². The standard InChI is InChI=1S/C19H10BrClN4/c20-14-7-4-8-15-16(14)17(21)12-9-22-19-13(18(12)24-15)10-23-25(19)11-5-2-1-3-6-11/h1-10H. The van der Waals surface area contributed by atoms with Crippen molar-refractivity contribution >= 4 is 60.4 Å². The zero-order chi connectivity index (χ0) is 17.0. The number of nitrogens with zero attached hydrogens (tertiary/aromatic N) is 4. The van der Waals surface area contributed by atoms with Crippen LogP contribution in [0.5, 0.6) is 0 Å². The number of aromatic nitrogens is 4. The van der Waals surface area contributed by atoms with Crippen LogP contribution in [0.2, 0.25) is 5.02 Å². The normalized spacial score (nSPS) is 11.6. The summed E-state index contributed by atoms with van der Waals surface area (Å²) in [6.45, 7) is 0. The molecular formula is C19H10BrClN4. The van der Waals surface area contributed by atoms with Gasteiger partial charge in [0.2, 0.25) is 0 Å². The molecule has 0 saturated carbocycles. The smallest absolute Gasteiger partial charge is 0.165 e. The first-order valence-corrected chi connectivity index (χ1v) is 8.87. The molecule has 3 aromatic heterocycles. The van der Waals surface area contributed by atoms with Gasteiger partial charge in [-0.05, 0) is 24.3 Å². The molecule has 6 heteroatoms. The summed E-state index contributed by atoms with van der Waals surface area (Å²) in [5, 5.41) is 7.75. The van der Waals surface area contributed by atoms with E-state index in [1.807, 2.05) is 53.2 Å². The van der Waals surface area contributed by atoms with Crippen LogP contribution in [-0.2, 0) is 0 Å². The van der Waals surface area contributed by atoms with Crippen molar-refractivity contribution in [1.29, 1.82) is 0 Å². The number of hydrogen-bond acceptors (Lipinski definition) is 3. The Balaban J connectivity index is 1.90. The van der Waals surface area contributed by atoms with Crippen molar-refractivity contribution in [2.24, 2.45) is 0 Å². The van der Waals surface area contributed by atoms with Crippen LogP contribution >= 0.6 is 27.5 Å². The lowest BCUT2D eigenvalue weighted by Crippen LogP contribution is -1.97. The SMILES string of the molecule is Clc1c2cnc3c(cnn3-c3ccccc3)c2nc2cccc(Br)c12. The van der Waals surface area contributed by atoms with Crippen LogP contribution in [0.1, 0.15) is 0 Å². The quantitative estimate of drug-likeness (QED) is 0.342. The van der Waals surface area contributed by atoms with Crippen LogP contribution in [0.3, 0.4) is 0 Å². The summed E-state index contributed by atoms with van der Waals surface area (Å²) in [6.07, 6.45) is 3.57. The molecule has 0 N–H and O–H groups in total. The Kier molecular flexibility index (Phi) is 3.26. The van der Waals surface area contributed by atoms with Crippen molar-refractivity contribution < 1.29 is 0 Å². The molecule has 0 fully saturated rings. The second-order valence-corrected chi connectivity index (χ2v) is 6.94. The van der Waals surface area contributed by atoms with Gasteiger partial charge in [-0.3, -0.25) is 0 Å². The van der Waals surface area contributed by atoms with E-state index in [0.29, 0.717) is 5.02 Å². The number of benzene rings is 2. The number of para-hydroxylation sites is 1. The molecule has 5 aromatic rings. The molecule has 0 bridgehead atoms. The van der Waals surface area contributed by atoms with Crippen LogP contribution < -0.4 is 0 Å². The molecule has 0 amide bonds.